The Kier molecular flexibility index (Phi) is 7.49. The van der Waals surface area contributed by atoms with Gasteiger partial charge in [0, 0.05) is 49.2 Å². The predicted molar refractivity (Wildman–Crippen MR) is 159 cm³/mol. The van der Waals surface area contributed by atoms with E-state index in [1.807, 2.05) is 19.2 Å². The number of pyridine rings is 1. The summed E-state index contributed by atoms with van der Waals surface area (Å²) in [5, 5.41) is 18.9. The smallest absolute Gasteiger partial charge is 0.282 e. The highest BCUT2D eigenvalue weighted by Crippen LogP contribution is 2.40. The van der Waals surface area contributed by atoms with Crippen LogP contribution in [0.15, 0.2) is 30.7 Å². The van der Waals surface area contributed by atoms with Gasteiger partial charge in [0.15, 0.2) is 5.83 Å². The number of aryl methyl sites for hydroxylation is 1. The van der Waals surface area contributed by atoms with Gasteiger partial charge in [-0.3, -0.25) is 9.89 Å². The molecule has 0 bridgehead atoms. The van der Waals surface area contributed by atoms with E-state index in [9.17, 15) is 14.4 Å². The number of benzene rings is 1. The van der Waals surface area contributed by atoms with E-state index in [1.165, 1.54) is 4.90 Å². The number of aromatic nitrogens is 3. The lowest BCUT2D eigenvalue weighted by molar-refractivity contribution is -0.131. The van der Waals surface area contributed by atoms with Gasteiger partial charge in [0.05, 0.1) is 35.3 Å². The number of likely N-dealkylation sites (tertiary alicyclic amines) is 1. The van der Waals surface area contributed by atoms with Gasteiger partial charge in [0.25, 0.3) is 5.91 Å². The summed E-state index contributed by atoms with van der Waals surface area (Å²) in [6, 6.07) is 6.58. The number of anilines is 2. The van der Waals surface area contributed by atoms with Gasteiger partial charge in [-0.15, -0.1) is 0 Å². The molecule has 0 radical (unpaired) electrons. The van der Waals surface area contributed by atoms with Gasteiger partial charge >= 0.3 is 0 Å². The number of carbonyl (C=O) groups excluding carboxylic acids is 1. The molecule has 0 spiro atoms. The van der Waals surface area contributed by atoms with Crippen LogP contribution in [-0.2, 0) is 17.8 Å². The summed E-state index contributed by atoms with van der Waals surface area (Å²) in [5.41, 5.74) is 6.44. The summed E-state index contributed by atoms with van der Waals surface area (Å²) in [6.07, 6.45) is 4.73. The van der Waals surface area contributed by atoms with Crippen LogP contribution in [0.25, 0.3) is 10.9 Å². The Morgan fingerprint density at radius 2 is 2.07 bits per heavy atom. The van der Waals surface area contributed by atoms with Gasteiger partial charge in [0.1, 0.15) is 18.2 Å². The Morgan fingerprint density at radius 3 is 2.79 bits per heavy atom. The molecular formula is C31H37FN8O2. The molecule has 0 aliphatic carbocycles. The monoisotopic (exact) mass is 572 g/mol. The van der Waals surface area contributed by atoms with E-state index in [1.54, 1.807) is 0 Å². The first-order valence-corrected chi connectivity index (χ1v) is 14.6. The molecule has 2 atom stereocenters. The Morgan fingerprint density at radius 1 is 1.24 bits per heavy atom. The number of likely N-dealkylation sites (N-methyl/N-ethyl adjacent to an activating group) is 1. The fourth-order valence-electron chi connectivity index (χ4n) is 6.79. The van der Waals surface area contributed by atoms with E-state index < -0.39 is 11.7 Å². The normalized spacial score (nSPS) is 21.0. The van der Waals surface area contributed by atoms with E-state index in [-0.39, 0.29) is 12.1 Å². The first-order valence-electron chi connectivity index (χ1n) is 14.6. The maximum absolute atomic E-state index is 13.7. The fraction of sp³-hybridized carbons (Fsp3) is 0.484. The van der Waals surface area contributed by atoms with Crippen molar-refractivity contribution in [2.45, 2.75) is 51.7 Å². The van der Waals surface area contributed by atoms with E-state index in [0.717, 1.165) is 65.0 Å². The van der Waals surface area contributed by atoms with Gasteiger partial charge in [0.2, 0.25) is 5.88 Å². The molecule has 11 heteroatoms. The number of piperazine rings is 1. The van der Waals surface area contributed by atoms with Crippen molar-refractivity contribution in [3.8, 4) is 11.9 Å². The Balaban J connectivity index is 1.38. The highest BCUT2D eigenvalue weighted by Gasteiger charge is 2.35. The number of carbonyl (C=O) groups is 1. The third-order valence-corrected chi connectivity index (χ3v) is 9.04. The van der Waals surface area contributed by atoms with Gasteiger partial charge in [-0.05, 0) is 58.3 Å². The molecule has 3 aliphatic heterocycles. The molecule has 0 saturated carbocycles. The van der Waals surface area contributed by atoms with Crippen molar-refractivity contribution in [1.82, 2.24) is 25.0 Å². The first-order chi connectivity index (χ1) is 20.3. The predicted octanol–water partition coefficient (Wildman–Crippen LogP) is 3.69. The average Bonchev–Trinajstić information content (AvgIpc) is 3.62. The first kappa shape index (κ1) is 28.0. The SMILES string of the molecule is C=C(F)C(=O)N1CCN(c2c(C#N)c(OCC3CCCN3C)nc3c2CCN(c2c(C)ccc4[nH]ncc24)C3)CC1C. The molecule has 5 heterocycles. The molecule has 220 valence electrons. The minimum Gasteiger partial charge on any atom is -0.475 e. The second-order valence-electron chi connectivity index (χ2n) is 11.7. The van der Waals surface area contributed by atoms with Gasteiger partial charge in [-0.1, -0.05) is 12.6 Å². The van der Waals surface area contributed by atoms with Gasteiger partial charge in [-0.2, -0.15) is 10.4 Å². The van der Waals surface area contributed by atoms with Crippen LogP contribution in [0.4, 0.5) is 15.8 Å². The zero-order valence-electron chi connectivity index (χ0n) is 24.5. The number of amides is 1. The van der Waals surface area contributed by atoms with Crippen molar-refractivity contribution >= 4 is 28.2 Å². The second kappa shape index (κ2) is 11.2. The zero-order chi connectivity index (χ0) is 29.5. The summed E-state index contributed by atoms with van der Waals surface area (Å²) in [5.74, 6) is -1.27. The van der Waals surface area contributed by atoms with Crippen molar-refractivity contribution in [2.24, 2.45) is 0 Å². The van der Waals surface area contributed by atoms with Crippen LogP contribution in [0.3, 0.4) is 0 Å². The van der Waals surface area contributed by atoms with E-state index >= 15 is 0 Å². The Labute approximate surface area is 245 Å². The minimum atomic E-state index is -0.954. The van der Waals surface area contributed by atoms with Crippen molar-refractivity contribution in [1.29, 1.82) is 5.26 Å². The summed E-state index contributed by atoms with van der Waals surface area (Å²) >= 11 is 0. The lowest BCUT2D eigenvalue weighted by Gasteiger charge is -2.42. The summed E-state index contributed by atoms with van der Waals surface area (Å²) in [7, 11) is 2.10. The van der Waals surface area contributed by atoms with Crippen molar-refractivity contribution in [3.05, 3.63) is 53.1 Å². The van der Waals surface area contributed by atoms with Crippen molar-refractivity contribution < 1.29 is 13.9 Å². The number of fused-ring (bicyclic) bond motifs is 2. The molecule has 2 saturated heterocycles. The summed E-state index contributed by atoms with van der Waals surface area (Å²) in [4.78, 5) is 25.7. The van der Waals surface area contributed by atoms with Gasteiger partial charge in [-0.25, -0.2) is 9.37 Å². The van der Waals surface area contributed by atoms with Crippen LogP contribution in [0.5, 0.6) is 5.88 Å². The molecule has 42 heavy (non-hydrogen) atoms. The van der Waals surface area contributed by atoms with Crippen LogP contribution in [0, 0.1) is 18.3 Å². The number of hydrogen-bond acceptors (Lipinski definition) is 8. The van der Waals surface area contributed by atoms with E-state index in [4.69, 9.17) is 9.72 Å². The molecule has 2 fully saturated rings. The number of nitriles is 1. The fourth-order valence-corrected chi connectivity index (χ4v) is 6.79. The zero-order valence-corrected chi connectivity index (χ0v) is 24.5. The van der Waals surface area contributed by atoms with E-state index in [2.05, 4.69) is 57.6 Å². The lowest BCUT2D eigenvalue weighted by atomic mass is 9.96. The Bertz CT molecular complexity index is 1580. The molecule has 6 rings (SSSR count). The topological polar surface area (TPSA) is 105 Å². The molecule has 10 nitrogen and oxygen atoms in total. The largest absolute Gasteiger partial charge is 0.475 e. The maximum atomic E-state index is 13.7. The van der Waals surface area contributed by atoms with Crippen LogP contribution >= 0.6 is 0 Å². The number of H-pyrrole nitrogens is 1. The van der Waals surface area contributed by atoms with Crippen LogP contribution in [0.1, 0.15) is 42.1 Å². The number of aromatic amines is 1. The summed E-state index contributed by atoms with van der Waals surface area (Å²) < 4.78 is 20.1. The van der Waals surface area contributed by atoms with Crippen molar-refractivity contribution in [3.63, 3.8) is 0 Å². The highest BCUT2D eigenvalue weighted by molar-refractivity contribution is 5.93. The maximum Gasteiger partial charge on any atom is 0.282 e. The number of nitrogens with one attached hydrogen (secondary N) is 1. The summed E-state index contributed by atoms with van der Waals surface area (Å²) in [6.45, 7) is 11.3. The molecule has 1 amide bonds. The molecule has 2 unspecified atom stereocenters. The number of halogens is 1. The number of nitrogens with zero attached hydrogens (tertiary/aromatic N) is 7. The average molecular weight is 573 g/mol. The second-order valence-corrected chi connectivity index (χ2v) is 11.7. The third-order valence-electron chi connectivity index (χ3n) is 9.04. The molecule has 2 aromatic heterocycles. The van der Waals surface area contributed by atoms with Crippen LogP contribution < -0.4 is 14.5 Å². The van der Waals surface area contributed by atoms with Crippen LogP contribution in [0.2, 0.25) is 0 Å². The minimum absolute atomic E-state index is 0.257. The number of hydrogen-bond donors (Lipinski definition) is 1. The third kappa shape index (κ3) is 4.94. The standard InChI is InChI=1S/C31H37FN8O2/c1-19-7-8-26-25(15-34-36-26)28(19)38-11-9-23-27(17-38)35-30(42-18-22-6-5-10-37(22)4)24(14-33)29(23)39-12-13-40(20(2)16-39)31(41)21(3)32/h7-8,15,20,22H,3,5-6,9-13,16-18H2,1-2,4H3,(H,34,36). The quantitative estimate of drug-likeness (QED) is 0.446. The number of ether oxygens (including phenoxy) is 1. The number of rotatable bonds is 6. The van der Waals surface area contributed by atoms with Crippen LogP contribution in [-0.4, -0.2) is 89.4 Å². The highest BCUT2D eigenvalue weighted by atomic mass is 19.1. The molecular weight excluding hydrogens is 535 g/mol. The molecule has 1 N–H and O–H groups in total. The van der Waals surface area contributed by atoms with Gasteiger partial charge < -0.3 is 24.3 Å². The van der Waals surface area contributed by atoms with E-state index in [0.29, 0.717) is 50.7 Å². The molecule has 3 aliphatic rings. The lowest BCUT2D eigenvalue weighted by Crippen LogP contribution is -2.54. The molecule has 1 aromatic carbocycles. The Hall–Kier alpha value is -4.17. The molecule has 3 aromatic rings. The van der Waals surface area contributed by atoms with Crippen molar-refractivity contribution in [2.75, 3.05) is 56.2 Å².